The molecule has 3 rings (SSSR count). The van der Waals surface area contributed by atoms with E-state index in [9.17, 15) is 13.2 Å². The third-order valence-corrected chi connectivity index (χ3v) is 8.94. The molecule has 1 fully saturated rings. The summed E-state index contributed by atoms with van der Waals surface area (Å²) in [5.41, 5.74) is 3.53. The minimum absolute atomic E-state index is 0.107. The molecule has 0 aromatic heterocycles. The van der Waals surface area contributed by atoms with Gasteiger partial charge in [0.15, 0.2) is 9.84 Å². The number of sulfone groups is 1. The fourth-order valence-electron chi connectivity index (χ4n) is 3.57. The molecule has 2 aromatic rings. The van der Waals surface area contributed by atoms with Crippen LogP contribution in [0.3, 0.4) is 0 Å². The van der Waals surface area contributed by atoms with Crippen LogP contribution >= 0.6 is 11.8 Å². The zero-order valence-corrected chi connectivity index (χ0v) is 18.9. The third-order valence-electron chi connectivity index (χ3n) is 5.46. The van der Waals surface area contributed by atoms with Crippen LogP contribution in [0, 0.1) is 6.92 Å². The van der Waals surface area contributed by atoms with Gasteiger partial charge in [-0.25, -0.2) is 8.42 Å². The van der Waals surface area contributed by atoms with Crippen LogP contribution in [0.1, 0.15) is 42.2 Å². The van der Waals surface area contributed by atoms with Crippen molar-refractivity contribution in [2.24, 2.45) is 0 Å². The monoisotopic (exact) mass is 431 g/mol. The van der Waals surface area contributed by atoms with Crippen LogP contribution in [0.15, 0.2) is 53.4 Å². The number of hydrogen-bond acceptors (Lipinski definition) is 4. The van der Waals surface area contributed by atoms with Gasteiger partial charge in [0.1, 0.15) is 0 Å². The number of thioether (sulfide) groups is 1. The molecule has 1 atom stereocenters. The molecule has 1 aliphatic rings. The first-order valence-corrected chi connectivity index (χ1v) is 12.7. The smallest absolute Gasteiger partial charge is 0.227 e. The van der Waals surface area contributed by atoms with E-state index in [0.717, 1.165) is 30.8 Å². The van der Waals surface area contributed by atoms with Crippen LogP contribution in [-0.4, -0.2) is 43.3 Å². The molecule has 6 heteroatoms. The van der Waals surface area contributed by atoms with E-state index in [1.54, 1.807) is 38.1 Å². The van der Waals surface area contributed by atoms with Crippen LogP contribution in [0.25, 0.3) is 0 Å². The van der Waals surface area contributed by atoms with Crippen LogP contribution in [-0.2, 0) is 21.1 Å². The average molecular weight is 432 g/mol. The van der Waals surface area contributed by atoms with E-state index in [-0.39, 0.29) is 5.91 Å². The maximum atomic E-state index is 12.8. The Balaban J connectivity index is 1.62. The van der Waals surface area contributed by atoms with E-state index in [2.05, 4.69) is 31.2 Å². The first-order chi connectivity index (χ1) is 13.8. The molecule has 1 unspecified atom stereocenters. The van der Waals surface area contributed by atoms with Gasteiger partial charge in [-0.1, -0.05) is 36.4 Å². The summed E-state index contributed by atoms with van der Waals surface area (Å²) in [5.74, 6) is 1.03. The fourth-order valence-corrected chi connectivity index (χ4v) is 5.96. The van der Waals surface area contributed by atoms with Crippen LogP contribution in [0.4, 0.5) is 0 Å². The molecule has 0 aliphatic carbocycles. The van der Waals surface area contributed by atoms with Crippen molar-refractivity contribution in [1.82, 2.24) is 4.90 Å². The summed E-state index contributed by atoms with van der Waals surface area (Å²) in [7, 11) is -3.28. The summed E-state index contributed by atoms with van der Waals surface area (Å²) in [4.78, 5) is 15.1. The average Bonchev–Trinajstić information content (AvgIpc) is 2.95. The van der Waals surface area contributed by atoms with Crippen LogP contribution < -0.4 is 0 Å². The Morgan fingerprint density at radius 3 is 2.45 bits per heavy atom. The Bertz CT molecular complexity index is 952. The third kappa shape index (κ3) is 5.23. The number of nitrogens with zero attached hydrogens (tertiary/aromatic N) is 1. The van der Waals surface area contributed by atoms with Gasteiger partial charge in [0.05, 0.1) is 16.6 Å². The predicted octanol–water partition coefficient (Wildman–Crippen LogP) is 4.43. The minimum atomic E-state index is -3.28. The second-order valence-electron chi connectivity index (χ2n) is 7.80. The van der Waals surface area contributed by atoms with Gasteiger partial charge in [-0.2, -0.15) is 11.8 Å². The van der Waals surface area contributed by atoms with Gasteiger partial charge in [0, 0.05) is 24.1 Å². The first-order valence-electron chi connectivity index (χ1n) is 10.1. The number of carbonyl (C=O) groups excluding carboxylic acids is 1. The van der Waals surface area contributed by atoms with Crippen molar-refractivity contribution < 1.29 is 13.2 Å². The molecule has 1 aliphatic heterocycles. The second kappa shape index (κ2) is 9.35. The van der Waals surface area contributed by atoms with Gasteiger partial charge < -0.3 is 4.90 Å². The maximum Gasteiger partial charge on any atom is 0.227 e. The molecule has 1 amide bonds. The molecule has 1 saturated heterocycles. The highest BCUT2D eigenvalue weighted by atomic mass is 32.2. The molecule has 2 aromatic carbocycles. The maximum absolute atomic E-state index is 12.8. The summed E-state index contributed by atoms with van der Waals surface area (Å²) in [5, 5.41) is -0.0275. The van der Waals surface area contributed by atoms with Crippen molar-refractivity contribution in [1.29, 1.82) is 0 Å². The van der Waals surface area contributed by atoms with Crippen molar-refractivity contribution >= 4 is 27.5 Å². The quantitative estimate of drug-likeness (QED) is 0.703. The lowest BCUT2D eigenvalue weighted by Gasteiger charge is -2.21. The summed E-state index contributed by atoms with van der Waals surface area (Å²) >= 11 is 1.93. The molecule has 156 valence electrons. The van der Waals surface area contributed by atoms with Crippen molar-refractivity contribution in [2.75, 3.05) is 18.8 Å². The Morgan fingerprint density at radius 1 is 1.10 bits per heavy atom. The molecule has 29 heavy (non-hydrogen) atoms. The number of amides is 1. The standard InChI is InChI=1S/C23H29NO3S2/c1-17(2)29(26,27)20-10-8-19(9-11-20)16-23(25)24-13-12-22(28-15-14-24)21-7-5-4-6-18(21)3/h4-11,17,22H,12-16H2,1-3H3. The summed E-state index contributed by atoms with van der Waals surface area (Å²) < 4.78 is 24.5. The predicted molar refractivity (Wildman–Crippen MR) is 120 cm³/mol. The normalized spacial score (nSPS) is 17.9. The largest absolute Gasteiger partial charge is 0.342 e. The zero-order valence-electron chi connectivity index (χ0n) is 17.3. The second-order valence-corrected chi connectivity index (χ2v) is 11.6. The summed E-state index contributed by atoms with van der Waals surface area (Å²) in [6.07, 6.45) is 1.26. The van der Waals surface area contributed by atoms with Gasteiger partial charge in [-0.05, 0) is 56.0 Å². The van der Waals surface area contributed by atoms with E-state index in [4.69, 9.17) is 0 Å². The van der Waals surface area contributed by atoms with Gasteiger partial charge in [-0.15, -0.1) is 0 Å². The highest BCUT2D eigenvalue weighted by Gasteiger charge is 2.23. The van der Waals surface area contributed by atoms with Crippen molar-refractivity contribution in [3.63, 3.8) is 0 Å². The van der Waals surface area contributed by atoms with E-state index in [1.165, 1.54) is 11.1 Å². The van der Waals surface area contributed by atoms with Crippen molar-refractivity contribution in [3.05, 3.63) is 65.2 Å². The summed E-state index contributed by atoms with van der Waals surface area (Å²) in [6, 6.07) is 15.2. The number of hydrogen-bond donors (Lipinski definition) is 0. The molecule has 0 radical (unpaired) electrons. The highest BCUT2D eigenvalue weighted by Crippen LogP contribution is 2.36. The number of aryl methyl sites for hydroxylation is 1. The van der Waals surface area contributed by atoms with Crippen molar-refractivity contribution in [3.8, 4) is 0 Å². The van der Waals surface area contributed by atoms with Crippen molar-refractivity contribution in [2.45, 2.75) is 49.0 Å². The Labute approximate surface area is 178 Å². The Kier molecular flexibility index (Phi) is 7.06. The highest BCUT2D eigenvalue weighted by molar-refractivity contribution is 7.99. The van der Waals surface area contributed by atoms with Gasteiger partial charge in [0.2, 0.25) is 5.91 Å². The Hall–Kier alpha value is -1.79. The lowest BCUT2D eigenvalue weighted by atomic mass is 10.0. The van der Waals surface area contributed by atoms with Gasteiger partial charge in [-0.3, -0.25) is 4.79 Å². The molecular formula is C23H29NO3S2. The van der Waals surface area contributed by atoms with Gasteiger partial charge >= 0.3 is 0 Å². The molecule has 0 bridgehead atoms. The van der Waals surface area contributed by atoms with Gasteiger partial charge in [0.25, 0.3) is 0 Å². The van der Waals surface area contributed by atoms with E-state index >= 15 is 0 Å². The molecule has 4 nitrogen and oxygen atoms in total. The van der Waals surface area contributed by atoms with Crippen LogP contribution in [0.2, 0.25) is 0 Å². The SMILES string of the molecule is Cc1ccccc1C1CCN(C(=O)Cc2ccc(S(=O)(=O)C(C)C)cc2)CCS1. The number of rotatable bonds is 5. The lowest BCUT2D eigenvalue weighted by Crippen LogP contribution is -2.34. The minimum Gasteiger partial charge on any atom is -0.342 e. The molecule has 1 heterocycles. The fraction of sp³-hybridized carbons (Fsp3) is 0.435. The first kappa shape index (κ1) is 21.9. The van der Waals surface area contributed by atoms with E-state index in [0.29, 0.717) is 16.6 Å². The molecule has 0 spiro atoms. The summed E-state index contributed by atoms with van der Waals surface area (Å²) in [6.45, 7) is 7.01. The topological polar surface area (TPSA) is 54.5 Å². The number of benzene rings is 2. The molecular weight excluding hydrogens is 402 g/mol. The molecule has 0 saturated carbocycles. The van der Waals surface area contributed by atoms with Crippen LogP contribution in [0.5, 0.6) is 0 Å². The molecule has 0 N–H and O–H groups in total. The Morgan fingerprint density at radius 2 is 1.79 bits per heavy atom. The zero-order chi connectivity index (χ0) is 21.0. The lowest BCUT2D eigenvalue weighted by molar-refractivity contribution is -0.130. The number of carbonyl (C=O) groups is 1. The van der Waals surface area contributed by atoms with E-state index in [1.807, 2.05) is 16.7 Å². The van der Waals surface area contributed by atoms with E-state index < -0.39 is 15.1 Å².